The second-order valence-electron chi connectivity index (χ2n) is 13.3. The average Bonchev–Trinajstić information content (AvgIpc) is 3.79. The molecule has 3 aromatic rings. The van der Waals surface area contributed by atoms with Crippen LogP contribution in [0.15, 0.2) is 124 Å². The van der Waals surface area contributed by atoms with Gasteiger partial charge in [0.2, 0.25) is 0 Å². The number of Topliss-reactive ketones (excluding diaryl/α,β-unsaturated/α-hetero) is 1. The summed E-state index contributed by atoms with van der Waals surface area (Å²) in [5.41, 5.74) is 10.4. The van der Waals surface area contributed by atoms with Crippen molar-refractivity contribution in [1.29, 1.82) is 0 Å². The van der Waals surface area contributed by atoms with Crippen LogP contribution in [0.3, 0.4) is 0 Å². The van der Waals surface area contributed by atoms with Gasteiger partial charge in [-0.1, -0.05) is 61.2 Å². The maximum absolute atomic E-state index is 13.7. The molecule has 1 unspecified atom stereocenters. The first kappa shape index (κ1) is 33.8. The van der Waals surface area contributed by atoms with Gasteiger partial charge in [0.25, 0.3) is 0 Å². The van der Waals surface area contributed by atoms with Crippen LogP contribution in [-0.4, -0.2) is 29.9 Å². The maximum atomic E-state index is 13.7. The number of ketones is 3. The normalized spacial score (nSPS) is 18.9. The number of rotatable bonds is 9. The van der Waals surface area contributed by atoms with E-state index in [1.165, 1.54) is 21.6 Å². The van der Waals surface area contributed by atoms with E-state index in [1.54, 1.807) is 53.4 Å². The number of benzene rings is 2. The third-order valence-corrected chi connectivity index (χ3v) is 12.3. The third-order valence-electron chi connectivity index (χ3n) is 10.3. The molecule has 0 radical (unpaired) electrons. The number of allylic oxidation sites excluding steroid dienone is 13. The van der Waals surface area contributed by atoms with Gasteiger partial charge in [0, 0.05) is 54.6 Å². The zero-order chi connectivity index (χ0) is 35.1. The van der Waals surface area contributed by atoms with Gasteiger partial charge in [-0.3, -0.25) is 19.2 Å². The summed E-state index contributed by atoms with van der Waals surface area (Å²) >= 11 is 3.40. The summed E-state index contributed by atoms with van der Waals surface area (Å²) in [5.74, 6) is -0.214. The van der Waals surface area contributed by atoms with Gasteiger partial charge >= 0.3 is 0 Å². The van der Waals surface area contributed by atoms with Crippen molar-refractivity contribution in [3.8, 4) is 10.4 Å². The highest BCUT2D eigenvalue weighted by atomic mass is 32.2. The summed E-state index contributed by atoms with van der Waals surface area (Å²) in [5, 5.41) is 0. The van der Waals surface area contributed by atoms with E-state index in [0.29, 0.717) is 46.2 Å². The monoisotopic (exact) mass is 694 g/mol. The standard InChI is InChI=1S/C44H38O4S2/c1-25-16-17-28(21-37(25)42(46)32-11-6-5-10-30(32)24-45)40(49-4)20-26(2)31-14-9-15-33(31)38-23-41(50-27(38)3)29-18-19-36-39(22-29)44(48)35-13-8-7-12-34(35)43(36)47/h6-8,11-13,16-20,22-24,28H,2,5,9-10,14-15,21H2,1,3-4H3/b40-20-. The fourth-order valence-corrected chi connectivity index (χ4v) is 9.38. The van der Waals surface area contributed by atoms with Crippen molar-refractivity contribution in [3.05, 3.63) is 157 Å². The Morgan fingerprint density at radius 1 is 0.900 bits per heavy atom. The summed E-state index contributed by atoms with van der Waals surface area (Å²) in [6.07, 6.45) is 18.1. The third kappa shape index (κ3) is 6.05. The topological polar surface area (TPSA) is 68.3 Å². The van der Waals surface area contributed by atoms with E-state index in [-0.39, 0.29) is 23.3 Å². The summed E-state index contributed by atoms with van der Waals surface area (Å²) in [7, 11) is 0. The number of fused-ring (bicyclic) bond motifs is 2. The summed E-state index contributed by atoms with van der Waals surface area (Å²) in [4.78, 5) is 55.4. The molecule has 2 aromatic carbocycles. The van der Waals surface area contributed by atoms with E-state index in [0.717, 1.165) is 64.0 Å². The van der Waals surface area contributed by atoms with Crippen LogP contribution < -0.4 is 0 Å². The molecule has 250 valence electrons. The van der Waals surface area contributed by atoms with Crippen LogP contribution in [0.5, 0.6) is 0 Å². The van der Waals surface area contributed by atoms with Crippen molar-refractivity contribution < 1.29 is 19.2 Å². The molecule has 6 heteroatoms. The molecule has 4 nitrogen and oxygen atoms in total. The van der Waals surface area contributed by atoms with Crippen LogP contribution in [0.2, 0.25) is 0 Å². The van der Waals surface area contributed by atoms with E-state index in [1.807, 2.05) is 37.3 Å². The number of hydrogen-bond acceptors (Lipinski definition) is 6. The second-order valence-corrected chi connectivity index (χ2v) is 15.4. The Morgan fingerprint density at radius 3 is 2.38 bits per heavy atom. The molecule has 0 spiro atoms. The molecular formula is C44H38O4S2. The number of aldehydes is 1. The molecular weight excluding hydrogens is 657 g/mol. The van der Waals surface area contributed by atoms with E-state index < -0.39 is 0 Å². The summed E-state index contributed by atoms with van der Waals surface area (Å²) < 4.78 is 0. The lowest BCUT2D eigenvalue weighted by Crippen LogP contribution is -2.20. The minimum Gasteiger partial charge on any atom is -0.298 e. The quantitative estimate of drug-likeness (QED) is 0.129. The van der Waals surface area contributed by atoms with Crippen molar-refractivity contribution in [2.24, 2.45) is 5.92 Å². The first-order valence-electron chi connectivity index (χ1n) is 17.1. The largest absolute Gasteiger partial charge is 0.298 e. The second kappa shape index (κ2) is 13.9. The van der Waals surface area contributed by atoms with Crippen LogP contribution in [0.25, 0.3) is 16.0 Å². The van der Waals surface area contributed by atoms with Crippen molar-refractivity contribution >= 4 is 52.3 Å². The molecule has 0 N–H and O–H groups in total. The van der Waals surface area contributed by atoms with Gasteiger partial charge in [0.15, 0.2) is 17.3 Å². The van der Waals surface area contributed by atoms with Crippen LogP contribution >= 0.6 is 23.1 Å². The number of thiophene rings is 1. The zero-order valence-corrected chi connectivity index (χ0v) is 30.2. The Bertz CT molecular complexity index is 2210. The minimum absolute atomic E-state index is 0.0431. The van der Waals surface area contributed by atoms with E-state index in [2.05, 4.69) is 38.0 Å². The van der Waals surface area contributed by atoms with Crippen LogP contribution in [-0.2, 0) is 9.59 Å². The van der Waals surface area contributed by atoms with E-state index in [9.17, 15) is 19.2 Å². The van der Waals surface area contributed by atoms with Crippen molar-refractivity contribution in [1.82, 2.24) is 0 Å². The lowest BCUT2D eigenvalue weighted by Gasteiger charge is -2.24. The Kier molecular flexibility index (Phi) is 9.42. The molecule has 0 saturated heterocycles. The molecule has 0 aliphatic heterocycles. The molecule has 0 saturated carbocycles. The molecule has 4 aliphatic carbocycles. The highest BCUT2D eigenvalue weighted by Crippen LogP contribution is 2.45. The van der Waals surface area contributed by atoms with Crippen LogP contribution in [0.4, 0.5) is 0 Å². The Balaban J connectivity index is 1.15. The van der Waals surface area contributed by atoms with Crippen molar-refractivity contribution in [3.63, 3.8) is 0 Å². The van der Waals surface area contributed by atoms with E-state index in [4.69, 9.17) is 0 Å². The molecule has 0 amide bonds. The van der Waals surface area contributed by atoms with Gasteiger partial charge in [-0.25, -0.2) is 0 Å². The molecule has 0 fully saturated rings. The highest BCUT2D eigenvalue weighted by molar-refractivity contribution is 8.02. The Morgan fingerprint density at radius 2 is 1.64 bits per heavy atom. The van der Waals surface area contributed by atoms with E-state index >= 15 is 0 Å². The molecule has 0 bridgehead atoms. The van der Waals surface area contributed by atoms with Crippen molar-refractivity contribution in [2.75, 3.05) is 6.26 Å². The number of carbonyl (C=O) groups is 4. The first-order valence-corrected chi connectivity index (χ1v) is 19.1. The minimum atomic E-state index is -0.109. The molecule has 1 heterocycles. The molecule has 1 atom stereocenters. The number of hydrogen-bond donors (Lipinski definition) is 0. The van der Waals surface area contributed by atoms with Crippen molar-refractivity contribution in [2.45, 2.75) is 52.4 Å². The van der Waals surface area contributed by atoms with Gasteiger partial charge in [-0.05, 0) is 121 Å². The predicted molar refractivity (Wildman–Crippen MR) is 206 cm³/mol. The highest BCUT2D eigenvalue weighted by Gasteiger charge is 2.31. The Labute approximate surface area is 301 Å². The molecule has 50 heavy (non-hydrogen) atoms. The maximum Gasteiger partial charge on any atom is 0.194 e. The van der Waals surface area contributed by atoms with Gasteiger partial charge < -0.3 is 0 Å². The Hall–Kier alpha value is -4.65. The smallest absolute Gasteiger partial charge is 0.194 e. The predicted octanol–water partition coefficient (Wildman–Crippen LogP) is 10.5. The fraction of sp³-hybridized carbons (Fsp3) is 0.227. The van der Waals surface area contributed by atoms with Gasteiger partial charge in [-0.15, -0.1) is 23.1 Å². The summed E-state index contributed by atoms with van der Waals surface area (Å²) in [6, 6.07) is 14.9. The SMILES string of the molecule is C=C(/C=C(\SC)C1C=CC(C)=C(C(=O)C2=C(C=O)CCC=C2)C1)C1=C(c2cc(-c3ccc4c(c3)C(=O)c3ccccc3C4=O)sc2C)CCC1. The molecule has 7 rings (SSSR count). The molecule has 4 aliphatic rings. The lowest BCUT2D eigenvalue weighted by atomic mass is 9.83. The average molecular weight is 695 g/mol. The summed E-state index contributed by atoms with van der Waals surface area (Å²) in [6.45, 7) is 8.69. The van der Waals surface area contributed by atoms with Crippen LogP contribution in [0, 0.1) is 12.8 Å². The van der Waals surface area contributed by atoms with Gasteiger partial charge in [0.1, 0.15) is 6.29 Å². The molecule has 1 aromatic heterocycles. The number of aryl methyl sites for hydroxylation is 1. The zero-order valence-electron chi connectivity index (χ0n) is 28.6. The van der Waals surface area contributed by atoms with Gasteiger partial charge in [0.05, 0.1) is 0 Å². The number of carbonyl (C=O) groups excluding carboxylic acids is 4. The first-order chi connectivity index (χ1) is 24.2. The number of thioether (sulfide) groups is 1. The lowest BCUT2D eigenvalue weighted by molar-refractivity contribution is -0.113. The fourth-order valence-electron chi connectivity index (χ4n) is 7.61. The van der Waals surface area contributed by atoms with Gasteiger partial charge in [-0.2, -0.15) is 0 Å². The van der Waals surface area contributed by atoms with Crippen LogP contribution in [0.1, 0.15) is 87.7 Å².